The van der Waals surface area contributed by atoms with Crippen molar-refractivity contribution in [1.82, 2.24) is 14.7 Å². The van der Waals surface area contributed by atoms with Gasteiger partial charge in [0.1, 0.15) is 0 Å². The number of likely N-dealkylation sites (tertiary alicyclic amines) is 1. The van der Waals surface area contributed by atoms with Crippen LogP contribution in [0.3, 0.4) is 0 Å². The van der Waals surface area contributed by atoms with Gasteiger partial charge in [-0.25, -0.2) is 4.68 Å². The van der Waals surface area contributed by atoms with Crippen LogP contribution in [0.15, 0.2) is 67.0 Å². The highest BCUT2D eigenvalue weighted by Crippen LogP contribution is 2.43. The summed E-state index contributed by atoms with van der Waals surface area (Å²) < 4.78 is 1.73. The zero-order valence-corrected chi connectivity index (χ0v) is 15.3. The molecule has 5 rings (SSSR count). The van der Waals surface area contributed by atoms with Gasteiger partial charge in [-0.2, -0.15) is 5.10 Å². The van der Waals surface area contributed by atoms with Gasteiger partial charge in [0.25, 0.3) is 5.91 Å². The molecule has 1 spiro atoms. The van der Waals surface area contributed by atoms with Crippen LogP contribution in [0.4, 0.5) is 5.69 Å². The summed E-state index contributed by atoms with van der Waals surface area (Å²) in [6, 6.07) is 17.1. The number of anilines is 1. The van der Waals surface area contributed by atoms with Gasteiger partial charge >= 0.3 is 0 Å². The van der Waals surface area contributed by atoms with Crippen molar-refractivity contribution >= 4 is 17.5 Å². The Morgan fingerprint density at radius 3 is 2.86 bits per heavy atom. The number of fused-ring (bicyclic) bond motifs is 2. The van der Waals surface area contributed by atoms with Gasteiger partial charge in [0, 0.05) is 36.7 Å². The molecule has 1 aromatic heterocycles. The number of hydrogen-bond donors (Lipinski definition) is 1. The molecule has 3 heterocycles. The molecular formula is C22H20N4O2. The van der Waals surface area contributed by atoms with E-state index >= 15 is 0 Å². The number of carbonyl (C=O) groups excluding carboxylic acids is 2. The van der Waals surface area contributed by atoms with E-state index in [0.29, 0.717) is 18.7 Å². The van der Waals surface area contributed by atoms with Crippen molar-refractivity contribution in [2.75, 3.05) is 18.4 Å². The zero-order valence-electron chi connectivity index (χ0n) is 15.3. The fraction of sp³-hybridized carbons (Fsp3) is 0.227. The fourth-order valence-electron chi connectivity index (χ4n) is 4.39. The number of nitrogens with zero attached hydrogens (tertiary/aromatic N) is 3. The summed E-state index contributed by atoms with van der Waals surface area (Å²) in [5.74, 6) is -0.0539. The number of rotatable bonds is 2. The Hall–Kier alpha value is -3.41. The average Bonchev–Trinajstić information content (AvgIpc) is 3.36. The molecule has 6 heteroatoms. The van der Waals surface area contributed by atoms with Gasteiger partial charge in [-0.15, -0.1) is 0 Å². The molecule has 1 atom stereocenters. The summed E-state index contributed by atoms with van der Waals surface area (Å²) >= 11 is 0. The van der Waals surface area contributed by atoms with E-state index < -0.39 is 5.41 Å². The smallest absolute Gasteiger partial charge is 0.253 e. The maximum Gasteiger partial charge on any atom is 0.253 e. The van der Waals surface area contributed by atoms with Gasteiger partial charge < -0.3 is 10.2 Å². The normalized spacial score (nSPS) is 20.9. The van der Waals surface area contributed by atoms with Crippen LogP contribution in [-0.2, 0) is 10.2 Å². The van der Waals surface area contributed by atoms with Crippen LogP contribution in [0.2, 0.25) is 0 Å². The molecule has 2 aromatic carbocycles. The fourth-order valence-corrected chi connectivity index (χ4v) is 4.39. The van der Waals surface area contributed by atoms with E-state index in [4.69, 9.17) is 0 Å². The molecule has 0 bridgehead atoms. The minimum atomic E-state index is -0.649. The van der Waals surface area contributed by atoms with E-state index in [9.17, 15) is 9.59 Å². The summed E-state index contributed by atoms with van der Waals surface area (Å²) in [4.78, 5) is 27.9. The van der Waals surface area contributed by atoms with Gasteiger partial charge in [-0.1, -0.05) is 24.3 Å². The SMILES string of the molecule is O=C(c1cccc(-n2cccn2)c1)N1CCCC2(C1)C(=O)Nc1ccccc12. The molecule has 1 unspecified atom stereocenters. The number of piperidine rings is 1. The minimum absolute atomic E-state index is 0.00325. The lowest BCUT2D eigenvalue weighted by molar-refractivity contribution is -0.122. The van der Waals surface area contributed by atoms with Crippen LogP contribution < -0.4 is 5.32 Å². The van der Waals surface area contributed by atoms with Crippen LogP contribution in [0, 0.1) is 0 Å². The Morgan fingerprint density at radius 2 is 2.00 bits per heavy atom. The molecule has 0 saturated carbocycles. The number of para-hydroxylation sites is 1. The number of amides is 2. The van der Waals surface area contributed by atoms with Crippen LogP contribution in [0.25, 0.3) is 5.69 Å². The van der Waals surface area contributed by atoms with Gasteiger partial charge in [0.2, 0.25) is 5.91 Å². The lowest BCUT2D eigenvalue weighted by Crippen LogP contribution is -2.51. The molecule has 2 aliphatic heterocycles. The van der Waals surface area contributed by atoms with Crippen molar-refractivity contribution < 1.29 is 9.59 Å². The predicted octanol–water partition coefficient (Wildman–Crippen LogP) is 3.00. The summed E-state index contributed by atoms with van der Waals surface area (Å²) in [5.41, 5.74) is 2.66. The maximum absolute atomic E-state index is 13.2. The van der Waals surface area contributed by atoms with Crippen LogP contribution in [0.1, 0.15) is 28.8 Å². The van der Waals surface area contributed by atoms with Gasteiger partial charge in [-0.3, -0.25) is 9.59 Å². The first-order valence-corrected chi connectivity index (χ1v) is 9.48. The molecule has 28 heavy (non-hydrogen) atoms. The Labute approximate surface area is 162 Å². The Bertz CT molecular complexity index is 1060. The average molecular weight is 372 g/mol. The number of hydrogen-bond acceptors (Lipinski definition) is 3. The highest BCUT2D eigenvalue weighted by atomic mass is 16.2. The minimum Gasteiger partial charge on any atom is -0.337 e. The number of carbonyl (C=O) groups is 2. The van der Waals surface area contributed by atoms with E-state index in [1.54, 1.807) is 10.9 Å². The topological polar surface area (TPSA) is 67.2 Å². The van der Waals surface area contributed by atoms with Crippen molar-refractivity contribution in [3.63, 3.8) is 0 Å². The quantitative estimate of drug-likeness (QED) is 0.752. The van der Waals surface area contributed by atoms with E-state index in [1.165, 1.54) is 0 Å². The molecule has 1 saturated heterocycles. The second-order valence-corrected chi connectivity index (χ2v) is 7.41. The van der Waals surface area contributed by atoms with Crippen LogP contribution >= 0.6 is 0 Å². The standard InChI is InChI=1S/C22H20N4O2/c27-20(16-6-3-7-17(14-16)26-13-5-11-23-26)25-12-4-10-22(15-25)18-8-1-2-9-19(18)24-21(22)28/h1-3,5-9,11,13-14H,4,10,12,15H2,(H,24,28). The molecule has 3 aromatic rings. The van der Waals surface area contributed by atoms with Crippen LogP contribution in [0.5, 0.6) is 0 Å². The van der Waals surface area contributed by atoms with Crippen molar-refractivity contribution in [2.24, 2.45) is 0 Å². The molecule has 2 amide bonds. The second-order valence-electron chi connectivity index (χ2n) is 7.41. The lowest BCUT2D eigenvalue weighted by Gasteiger charge is -2.39. The largest absolute Gasteiger partial charge is 0.337 e. The molecule has 2 aliphatic rings. The summed E-state index contributed by atoms with van der Waals surface area (Å²) in [6.45, 7) is 1.06. The molecule has 0 radical (unpaired) electrons. The molecule has 1 N–H and O–H groups in total. The van der Waals surface area contributed by atoms with Crippen molar-refractivity contribution in [3.8, 4) is 5.69 Å². The first kappa shape index (κ1) is 16.7. The lowest BCUT2D eigenvalue weighted by atomic mass is 9.75. The van der Waals surface area contributed by atoms with Crippen molar-refractivity contribution in [1.29, 1.82) is 0 Å². The molecular weight excluding hydrogens is 352 g/mol. The Kier molecular flexibility index (Phi) is 3.79. The van der Waals surface area contributed by atoms with Crippen molar-refractivity contribution in [3.05, 3.63) is 78.1 Å². The predicted molar refractivity (Wildman–Crippen MR) is 105 cm³/mol. The summed E-state index contributed by atoms with van der Waals surface area (Å²) in [5, 5.41) is 7.23. The molecule has 1 fully saturated rings. The van der Waals surface area contributed by atoms with E-state index in [0.717, 1.165) is 29.8 Å². The molecule has 0 aliphatic carbocycles. The van der Waals surface area contributed by atoms with Crippen LogP contribution in [-0.4, -0.2) is 39.6 Å². The van der Waals surface area contributed by atoms with Gasteiger partial charge in [0.15, 0.2) is 0 Å². The molecule has 140 valence electrons. The van der Waals surface area contributed by atoms with Crippen molar-refractivity contribution in [2.45, 2.75) is 18.3 Å². The zero-order chi connectivity index (χ0) is 19.1. The Balaban J connectivity index is 1.46. The third-order valence-corrected chi connectivity index (χ3v) is 5.77. The number of aromatic nitrogens is 2. The highest BCUT2D eigenvalue weighted by molar-refractivity contribution is 6.07. The number of benzene rings is 2. The Morgan fingerprint density at radius 1 is 1.11 bits per heavy atom. The third kappa shape index (κ3) is 2.52. The number of nitrogens with one attached hydrogen (secondary N) is 1. The summed E-state index contributed by atoms with van der Waals surface area (Å²) in [7, 11) is 0. The first-order chi connectivity index (χ1) is 13.7. The van der Waals surface area contributed by atoms with E-state index in [-0.39, 0.29) is 11.8 Å². The third-order valence-electron chi connectivity index (χ3n) is 5.77. The first-order valence-electron chi connectivity index (χ1n) is 9.48. The van der Waals surface area contributed by atoms with E-state index in [2.05, 4.69) is 10.4 Å². The monoisotopic (exact) mass is 372 g/mol. The highest BCUT2D eigenvalue weighted by Gasteiger charge is 2.49. The van der Waals surface area contributed by atoms with Gasteiger partial charge in [-0.05, 0) is 48.7 Å². The second kappa shape index (κ2) is 6.34. The summed E-state index contributed by atoms with van der Waals surface area (Å²) in [6.07, 6.45) is 5.11. The molecule has 6 nitrogen and oxygen atoms in total. The van der Waals surface area contributed by atoms with Gasteiger partial charge in [0.05, 0.1) is 11.1 Å². The van der Waals surface area contributed by atoms with E-state index in [1.807, 2.05) is 65.7 Å². The maximum atomic E-state index is 13.2.